The van der Waals surface area contributed by atoms with Gasteiger partial charge in [-0.1, -0.05) is 71.9 Å². The smallest absolute Gasteiger partial charge is 0.202 e. The van der Waals surface area contributed by atoms with Crippen LogP contribution >= 0.6 is 0 Å². The third kappa shape index (κ3) is 3.82. The highest BCUT2D eigenvalue weighted by Gasteiger charge is 2.24. The Bertz CT molecular complexity index is 1190. The monoisotopic (exact) mass is 402 g/mol. The Morgan fingerprint density at radius 2 is 1.60 bits per heavy atom. The van der Waals surface area contributed by atoms with Crippen LogP contribution in [-0.2, 0) is 12.0 Å². The average molecular weight is 403 g/mol. The number of H-pyrrole nitrogens is 1. The molecule has 3 N–H and O–H groups in total. The van der Waals surface area contributed by atoms with Gasteiger partial charge in [0.25, 0.3) is 0 Å². The van der Waals surface area contributed by atoms with Crippen LogP contribution in [0.5, 0.6) is 0 Å². The molecule has 3 heterocycles. The summed E-state index contributed by atoms with van der Waals surface area (Å²) in [5.41, 5.74) is 11.5. The fourth-order valence-corrected chi connectivity index (χ4v) is 3.51. The van der Waals surface area contributed by atoms with E-state index in [4.69, 9.17) is 15.7 Å². The molecule has 0 amide bonds. The largest absolute Gasteiger partial charge is 0.369 e. The molecule has 0 unspecified atom stereocenters. The number of pyridine rings is 1. The molecule has 0 spiro atoms. The van der Waals surface area contributed by atoms with E-state index in [1.165, 1.54) is 0 Å². The maximum atomic E-state index is 6.22. The Morgan fingerprint density at radius 1 is 0.900 bits per heavy atom. The van der Waals surface area contributed by atoms with Gasteiger partial charge in [-0.15, -0.1) is 0 Å². The Kier molecular flexibility index (Phi) is 4.68. The molecule has 0 aliphatic heterocycles. The number of aromatic nitrogens is 5. The SMILES string of the molecule is CC(C)(C)Cn1c(N)nc2ccc(-c3[nH]c(C(C)(C)C)nc3-c3ccccc3)nc21. The van der Waals surface area contributed by atoms with E-state index in [-0.39, 0.29) is 10.8 Å². The first-order valence-corrected chi connectivity index (χ1v) is 10.3. The van der Waals surface area contributed by atoms with E-state index in [1.807, 2.05) is 34.9 Å². The number of aromatic amines is 1. The van der Waals surface area contributed by atoms with Crippen molar-refractivity contribution >= 4 is 17.1 Å². The molecule has 0 radical (unpaired) electrons. The molecule has 0 bridgehead atoms. The maximum absolute atomic E-state index is 6.22. The van der Waals surface area contributed by atoms with Crippen molar-refractivity contribution in [1.82, 2.24) is 24.5 Å². The number of nitrogens with two attached hydrogens (primary N) is 1. The third-order valence-electron chi connectivity index (χ3n) is 4.97. The summed E-state index contributed by atoms with van der Waals surface area (Å²) < 4.78 is 2.00. The van der Waals surface area contributed by atoms with Gasteiger partial charge in [0.2, 0.25) is 5.95 Å². The van der Waals surface area contributed by atoms with Gasteiger partial charge in [0, 0.05) is 17.5 Å². The summed E-state index contributed by atoms with van der Waals surface area (Å²) in [7, 11) is 0. The van der Waals surface area contributed by atoms with Crippen LogP contribution in [0.2, 0.25) is 0 Å². The lowest BCUT2D eigenvalue weighted by atomic mass is 9.96. The predicted molar refractivity (Wildman–Crippen MR) is 123 cm³/mol. The summed E-state index contributed by atoms with van der Waals surface area (Å²) in [5, 5.41) is 0. The molecule has 6 heteroatoms. The fourth-order valence-electron chi connectivity index (χ4n) is 3.51. The van der Waals surface area contributed by atoms with Crippen molar-refractivity contribution in [1.29, 1.82) is 0 Å². The van der Waals surface area contributed by atoms with Crippen LogP contribution in [0.3, 0.4) is 0 Å². The van der Waals surface area contributed by atoms with Gasteiger partial charge in [0.05, 0.1) is 17.1 Å². The highest BCUT2D eigenvalue weighted by Crippen LogP contribution is 2.34. The van der Waals surface area contributed by atoms with Crippen molar-refractivity contribution in [2.45, 2.75) is 53.5 Å². The molecule has 1 aromatic carbocycles. The number of benzene rings is 1. The second-order valence-electron chi connectivity index (χ2n) is 10.1. The summed E-state index contributed by atoms with van der Waals surface area (Å²) >= 11 is 0. The number of nitrogens with zero attached hydrogens (tertiary/aromatic N) is 4. The Balaban J connectivity index is 1.92. The second-order valence-corrected chi connectivity index (χ2v) is 10.1. The van der Waals surface area contributed by atoms with Gasteiger partial charge in [-0.05, 0) is 17.5 Å². The van der Waals surface area contributed by atoms with E-state index in [0.29, 0.717) is 5.95 Å². The number of anilines is 1. The van der Waals surface area contributed by atoms with Crippen LogP contribution < -0.4 is 5.73 Å². The first kappa shape index (κ1) is 20.1. The maximum Gasteiger partial charge on any atom is 0.202 e. The lowest BCUT2D eigenvalue weighted by molar-refractivity contribution is 0.350. The van der Waals surface area contributed by atoms with Gasteiger partial charge in [-0.25, -0.2) is 15.0 Å². The molecule has 3 aromatic heterocycles. The predicted octanol–water partition coefficient (Wildman–Crippen LogP) is 5.41. The van der Waals surface area contributed by atoms with Crippen LogP contribution in [0.1, 0.15) is 47.4 Å². The third-order valence-corrected chi connectivity index (χ3v) is 4.97. The number of hydrogen-bond donors (Lipinski definition) is 2. The van der Waals surface area contributed by atoms with Gasteiger partial charge >= 0.3 is 0 Å². The number of rotatable bonds is 3. The van der Waals surface area contributed by atoms with E-state index in [2.05, 4.69) is 63.6 Å². The van der Waals surface area contributed by atoms with Gasteiger partial charge in [-0.2, -0.15) is 0 Å². The molecule has 0 saturated heterocycles. The minimum Gasteiger partial charge on any atom is -0.369 e. The standard InChI is InChI=1S/C24H30N6/c1-23(2,3)14-30-20-17(27-22(30)25)13-12-16(26-20)19-18(15-10-8-7-9-11-15)28-21(29-19)24(4,5)6/h7-13H,14H2,1-6H3,(H2,25,27)(H,28,29). The Hall–Kier alpha value is -3.15. The molecule has 0 fully saturated rings. The topological polar surface area (TPSA) is 85.4 Å². The lowest BCUT2D eigenvalue weighted by Gasteiger charge is -2.19. The normalized spacial score (nSPS) is 12.6. The van der Waals surface area contributed by atoms with Crippen LogP contribution in [0.4, 0.5) is 5.95 Å². The Labute approximate surface area is 177 Å². The van der Waals surface area contributed by atoms with E-state index in [9.17, 15) is 0 Å². The van der Waals surface area contributed by atoms with Gasteiger partial charge < -0.3 is 10.7 Å². The van der Waals surface area contributed by atoms with Crippen molar-refractivity contribution in [3.8, 4) is 22.6 Å². The highest BCUT2D eigenvalue weighted by atomic mass is 15.2. The first-order chi connectivity index (χ1) is 14.0. The molecule has 0 aliphatic carbocycles. The minimum absolute atomic E-state index is 0.0576. The van der Waals surface area contributed by atoms with Crippen molar-refractivity contribution < 1.29 is 0 Å². The molecule has 30 heavy (non-hydrogen) atoms. The zero-order chi connectivity index (χ0) is 21.7. The zero-order valence-corrected chi connectivity index (χ0v) is 18.6. The highest BCUT2D eigenvalue weighted by molar-refractivity contribution is 5.82. The minimum atomic E-state index is -0.107. The summed E-state index contributed by atoms with van der Waals surface area (Å²) in [6.07, 6.45) is 0. The number of hydrogen-bond acceptors (Lipinski definition) is 4. The second kappa shape index (κ2) is 6.97. The van der Waals surface area contributed by atoms with Crippen LogP contribution in [0, 0.1) is 5.41 Å². The van der Waals surface area contributed by atoms with Gasteiger partial charge in [0.1, 0.15) is 11.3 Å². The van der Waals surface area contributed by atoms with Crippen molar-refractivity contribution in [2.75, 3.05) is 5.73 Å². The van der Waals surface area contributed by atoms with Crippen molar-refractivity contribution in [3.63, 3.8) is 0 Å². The zero-order valence-electron chi connectivity index (χ0n) is 18.6. The van der Waals surface area contributed by atoms with Crippen LogP contribution in [-0.4, -0.2) is 24.5 Å². The summed E-state index contributed by atoms with van der Waals surface area (Å²) in [6.45, 7) is 13.7. The summed E-state index contributed by atoms with van der Waals surface area (Å²) in [4.78, 5) is 18.0. The summed E-state index contributed by atoms with van der Waals surface area (Å²) in [6, 6.07) is 14.2. The van der Waals surface area contributed by atoms with Crippen molar-refractivity contribution in [2.24, 2.45) is 5.41 Å². The van der Waals surface area contributed by atoms with Crippen molar-refractivity contribution in [3.05, 3.63) is 48.3 Å². The van der Waals surface area contributed by atoms with Gasteiger partial charge in [0.15, 0.2) is 5.65 Å². The van der Waals surface area contributed by atoms with Crippen LogP contribution in [0.25, 0.3) is 33.8 Å². The molecule has 6 nitrogen and oxygen atoms in total. The van der Waals surface area contributed by atoms with Gasteiger partial charge in [-0.3, -0.25) is 4.57 Å². The van der Waals surface area contributed by atoms with E-state index in [1.54, 1.807) is 0 Å². The lowest BCUT2D eigenvalue weighted by Crippen LogP contribution is -2.17. The number of nitrogen functional groups attached to an aromatic ring is 1. The molecule has 4 aromatic rings. The molecule has 4 rings (SSSR count). The molecular weight excluding hydrogens is 372 g/mol. The summed E-state index contributed by atoms with van der Waals surface area (Å²) in [5.74, 6) is 1.42. The molecule has 0 saturated carbocycles. The molecular formula is C24H30N6. The van der Waals surface area contributed by atoms with E-state index < -0.39 is 0 Å². The molecule has 0 aliphatic rings. The number of imidazole rings is 2. The van der Waals surface area contributed by atoms with E-state index in [0.717, 1.165) is 46.2 Å². The molecule has 0 atom stereocenters. The van der Waals surface area contributed by atoms with Crippen LogP contribution in [0.15, 0.2) is 42.5 Å². The number of nitrogens with one attached hydrogen (secondary N) is 1. The van der Waals surface area contributed by atoms with E-state index >= 15 is 0 Å². The quantitative estimate of drug-likeness (QED) is 0.479. The first-order valence-electron chi connectivity index (χ1n) is 10.3. The molecule has 156 valence electrons. The average Bonchev–Trinajstić information content (AvgIpc) is 3.23. The number of fused-ring (bicyclic) bond motifs is 1. The fraction of sp³-hybridized carbons (Fsp3) is 0.375. The Morgan fingerprint density at radius 3 is 2.23 bits per heavy atom.